The lowest BCUT2D eigenvalue weighted by atomic mass is 9.58. The Labute approximate surface area is 258 Å². The molecule has 1 saturated carbocycles. The van der Waals surface area contributed by atoms with Gasteiger partial charge in [0.15, 0.2) is 11.4 Å². The van der Waals surface area contributed by atoms with Crippen molar-refractivity contribution in [2.75, 3.05) is 46.7 Å². The topological polar surface area (TPSA) is 168 Å². The van der Waals surface area contributed by atoms with Crippen molar-refractivity contribution < 1.29 is 34.8 Å². The summed E-state index contributed by atoms with van der Waals surface area (Å²) in [7, 11) is 9.10. The first-order valence-electron chi connectivity index (χ1n) is 15.6. The van der Waals surface area contributed by atoms with E-state index in [4.69, 9.17) is 5.73 Å². The Morgan fingerprint density at radius 1 is 1.02 bits per heavy atom. The van der Waals surface area contributed by atoms with Gasteiger partial charge in [0.25, 0.3) is 5.91 Å². The minimum absolute atomic E-state index is 0.0321. The fourth-order valence-corrected chi connectivity index (χ4v) is 8.39. The number of primary amides is 1. The van der Waals surface area contributed by atoms with Gasteiger partial charge in [0.05, 0.1) is 11.6 Å². The summed E-state index contributed by atoms with van der Waals surface area (Å²) in [4.78, 5) is 45.6. The second kappa shape index (κ2) is 11.8. The molecular formula is C33H46N4O7. The number of benzene rings is 1. The van der Waals surface area contributed by atoms with Crippen molar-refractivity contribution in [2.45, 2.75) is 69.6 Å². The molecule has 0 saturated heterocycles. The molecule has 4 atom stereocenters. The molecule has 240 valence electrons. The number of phenolic OH excluding ortho intramolecular Hbond substituents is 1. The molecule has 44 heavy (non-hydrogen) atoms. The Kier molecular flexibility index (Phi) is 8.60. The summed E-state index contributed by atoms with van der Waals surface area (Å²) in [5, 5.41) is 45.6. The van der Waals surface area contributed by atoms with E-state index < -0.39 is 58.0 Å². The van der Waals surface area contributed by atoms with E-state index in [1.165, 1.54) is 38.5 Å². The van der Waals surface area contributed by atoms with Crippen LogP contribution in [0.15, 0.2) is 28.7 Å². The maximum Gasteiger partial charge on any atom is 0.255 e. The number of aromatic hydroxyl groups is 1. The fourth-order valence-electron chi connectivity index (χ4n) is 8.39. The highest BCUT2D eigenvalue weighted by atomic mass is 16.3. The first kappa shape index (κ1) is 32.0. The number of Topliss-reactive ketones (excluding diaryl/α,β-unsaturated/α-hetero) is 2. The van der Waals surface area contributed by atoms with Gasteiger partial charge in [-0.15, -0.1) is 0 Å². The molecule has 0 spiro atoms. The van der Waals surface area contributed by atoms with Crippen LogP contribution in [-0.2, 0) is 22.6 Å². The minimum Gasteiger partial charge on any atom is -0.510 e. The summed E-state index contributed by atoms with van der Waals surface area (Å²) in [5.74, 6) is -5.85. The number of nitrogens with two attached hydrogens (primary N) is 1. The number of aliphatic hydroxyl groups excluding tert-OH is 2. The molecule has 0 heterocycles. The van der Waals surface area contributed by atoms with Gasteiger partial charge in [-0.1, -0.05) is 25.7 Å². The van der Waals surface area contributed by atoms with E-state index in [0.29, 0.717) is 18.0 Å². The number of carbonyl (C=O) groups is 3. The van der Waals surface area contributed by atoms with E-state index >= 15 is 0 Å². The Balaban J connectivity index is 1.57. The van der Waals surface area contributed by atoms with Crippen LogP contribution in [0.3, 0.4) is 0 Å². The number of hydrogen-bond acceptors (Lipinski definition) is 10. The van der Waals surface area contributed by atoms with Crippen LogP contribution < -0.4 is 10.6 Å². The van der Waals surface area contributed by atoms with Crippen LogP contribution in [0.25, 0.3) is 0 Å². The smallest absolute Gasteiger partial charge is 0.255 e. The normalized spacial score (nSPS) is 27.8. The van der Waals surface area contributed by atoms with E-state index in [-0.39, 0.29) is 29.7 Å². The number of fused-ring (bicyclic) bond motifs is 3. The molecule has 0 bridgehead atoms. The SMILES string of the molecule is CN(Cc1cc(O)c2c(c1N(C)C)C[C@H]1C[C@H]3[C@H](N(C)C)C(O)=C(C(N)=O)C(=O)[C@@]3(O)C(O)=C1C2=O)CC1CCCCCC1. The predicted octanol–water partition coefficient (Wildman–Crippen LogP) is 2.59. The number of aliphatic hydroxyl groups is 3. The number of rotatable bonds is 7. The van der Waals surface area contributed by atoms with E-state index in [1.54, 1.807) is 25.1 Å². The van der Waals surface area contributed by atoms with Crippen molar-refractivity contribution in [1.82, 2.24) is 9.80 Å². The molecule has 4 aliphatic rings. The van der Waals surface area contributed by atoms with Crippen LogP contribution in [0, 0.1) is 17.8 Å². The molecule has 0 aliphatic heterocycles. The first-order chi connectivity index (χ1) is 20.7. The van der Waals surface area contributed by atoms with Crippen molar-refractivity contribution in [2.24, 2.45) is 23.5 Å². The predicted molar refractivity (Wildman–Crippen MR) is 166 cm³/mol. The fraction of sp³-hybridized carbons (Fsp3) is 0.606. The van der Waals surface area contributed by atoms with Gasteiger partial charge in [-0.25, -0.2) is 0 Å². The zero-order valence-electron chi connectivity index (χ0n) is 26.4. The van der Waals surface area contributed by atoms with Crippen molar-refractivity contribution in [3.8, 4) is 5.75 Å². The van der Waals surface area contributed by atoms with Crippen LogP contribution in [0.1, 0.15) is 66.4 Å². The molecule has 4 aliphatic carbocycles. The van der Waals surface area contributed by atoms with E-state index in [2.05, 4.69) is 11.9 Å². The average Bonchev–Trinajstić information content (AvgIpc) is 3.18. The van der Waals surface area contributed by atoms with Crippen LogP contribution in [-0.4, -0.2) is 101 Å². The van der Waals surface area contributed by atoms with Crippen molar-refractivity contribution in [3.05, 3.63) is 45.4 Å². The van der Waals surface area contributed by atoms with Gasteiger partial charge in [0.1, 0.15) is 22.8 Å². The van der Waals surface area contributed by atoms with Gasteiger partial charge in [-0.2, -0.15) is 0 Å². The highest BCUT2D eigenvalue weighted by Gasteiger charge is 2.63. The van der Waals surface area contributed by atoms with Crippen molar-refractivity contribution in [1.29, 1.82) is 0 Å². The summed E-state index contributed by atoms with van der Waals surface area (Å²) in [6.45, 7) is 1.52. The Hall–Kier alpha value is -3.41. The molecular weight excluding hydrogens is 564 g/mol. The molecule has 0 radical (unpaired) electrons. The molecule has 0 unspecified atom stereocenters. The largest absolute Gasteiger partial charge is 0.510 e. The van der Waals surface area contributed by atoms with Gasteiger partial charge in [0, 0.05) is 44.4 Å². The number of ketones is 2. The standard InChI is InChI=1S/C33H46N4O7/c1-35(2)26-19(16-37(5)15-17-10-8-6-7-9-11-17)14-22(38)24-20(26)12-18-13-21-27(36(3)4)29(40)25(32(34)43)31(42)33(21,44)30(41)23(18)28(24)39/h14,17-18,21,27,38,40-41,44H,6-13,15-16H2,1-5H3,(H2,34,43)/t18-,21-,27-,33-/m0/s1. The van der Waals surface area contributed by atoms with Gasteiger partial charge in [0.2, 0.25) is 5.78 Å². The van der Waals surface area contributed by atoms with E-state index in [0.717, 1.165) is 17.8 Å². The number of allylic oxidation sites excluding steroid dienone is 1. The lowest BCUT2D eigenvalue weighted by Crippen LogP contribution is -2.63. The summed E-state index contributed by atoms with van der Waals surface area (Å²) < 4.78 is 0. The van der Waals surface area contributed by atoms with Crippen LogP contribution in [0.4, 0.5) is 5.69 Å². The van der Waals surface area contributed by atoms with Gasteiger partial charge >= 0.3 is 0 Å². The highest BCUT2D eigenvalue weighted by Crippen LogP contribution is 2.53. The van der Waals surface area contributed by atoms with E-state index in [9.17, 15) is 34.8 Å². The number of hydrogen-bond donors (Lipinski definition) is 5. The number of anilines is 1. The van der Waals surface area contributed by atoms with Gasteiger partial charge in [-0.05, 0) is 75.9 Å². The van der Waals surface area contributed by atoms with E-state index in [1.807, 2.05) is 19.0 Å². The number of likely N-dealkylation sites (N-methyl/N-ethyl adjacent to an activating group) is 1. The number of amides is 1. The molecule has 1 aromatic carbocycles. The number of nitrogens with zero attached hydrogens (tertiary/aromatic N) is 3. The quantitative estimate of drug-likeness (QED) is 0.229. The lowest BCUT2D eigenvalue weighted by Gasteiger charge is -2.50. The molecule has 11 nitrogen and oxygen atoms in total. The highest BCUT2D eigenvalue weighted by molar-refractivity contribution is 6.24. The molecule has 11 heteroatoms. The molecule has 5 rings (SSSR count). The maximum atomic E-state index is 14.1. The third kappa shape index (κ3) is 5.08. The average molecular weight is 611 g/mol. The van der Waals surface area contributed by atoms with Crippen molar-refractivity contribution >= 4 is 23.2 Å². The first-order valence-corrected chi connectivity index (χ1v) is 15.6. The van der Waals surface area contributed by atoms with Crippen LogP contribution >= 0.6 is 0 Å². The molecule has 1 amide bonds. The summed E-state index contributed by atoms with van der Waals surface area (Å²) >= 11 is 0. The molecule has 6 N–H and O–H groups in total. The van der Waals surface area contributed by atoms with Crippen molar-refractivity contribution in [3.63, 3.8) is 0 Å². The Bertz CT molecular complexity index is 1440. The third-order valence-electron chi connectivity index (χ3n) is 10.2. The van der Waals surface area contributed by atoms with Gasteiger partial charge in [-0.3, -0.25) is 19.3 Å². The zero-order chi connectivity index (χ0) is 32.2. The van der Waals surface area contributed by atoms with Crippen LogP contribution in [0.5, 0.6) is 5.75 Å². The Morgan fingerprint density at radius 2 is 1.66 bits per heavy atom. The van der Waals surface area contributed by atoms with Crippen LogP contribution in [0.2, 0.25) is 0 Å². The lowest BCUT2D eigenvalue weighted by molar-refractivity contribution is -0.148. The second-order valence-corrected chi connectivity index (χ2v) is 13.7. The van der Waals surface area contributed by atoms with Gasteiger partial charge < -0.3 is 36.0 Å². The monoisotopic (exact) mass is 610 g/mol. The number of phenols is 1. The summed E-state index contributed by atoms with van der Waals surface area (Å²) in [6, 6.07) is 0.583. The Morgan fingerprint density at radius 3 is 2.23 bits per heavy atom. The zero-order valence-corrected chi connectivity index (χ0v) is 26.4. The molecule has 1 fully saturated rings. The summed E-state index contributed by atoms with van der Waals surface area (Å²) in [6.07, 6.45) is 7.82. The second-order valence-electron chi connectivity index (χ2n) is 13.7. The minimum atomic E-state index is -2.65. The number of carbonyl (C=O) groups excluding carboxylic acids is 3. The molecule has 1 aromatic rings. The third-order valence-corrected chi connectivity index (χ3v) is 10.2. The maximum absolute atomic E-state index is 14.1. The molecule has 0 aromatic heterocycles. The summed E-state index contributed by atoms with van der Waals surface area (Å²) in [5.41, 5.74) is 4.19.